The summed E-state index contributed by atoms with van der Waals surface area (Å²) in [4.78, 5) is 6.67. The molecule has 2 fully saturated rings. The molecule has 0 amide bonds. The van der Waals surface area contributed by atoms with Crippen LogP contribution in [0.25, 0.3) is 0 Å². The van der Waals surface area contributed by atoms with E-state index in [1.54, 1.807) is 0 Å². The molecule has 2 aliphatic rings. The summed E-state index contributed by atoms with van der Waals surface area (Å²) in [5.41, 5.74) is 1.73. The Hall–Kier alpha value is -1.09. The van der Waals surface area contributed by atoms with Gasteiger partial charge in [0.15, 0.2) is 0 Å². The topological polar surface area (TPSA) is 28.2 Å². The van der Waals surface area contributed by atoms with Crippen LogP contribution in [0.15, 0.2) is 24.5 Å². The molecule has 3 nitrogen and oxygen atoms in total. The fraction of sp³-hybridized carbons (Fsp3) is 0.643. The zero-order valence-corrected chi connectivity index (χ0v) is 10.7. The SMILES string of the molecule is CC1(C)CNC2CN(c3cccnc3)CCC21. The van der Waals surface area contributed by atoms with Gasteiger partial charge in [0, 0.05) is 31.9 Å². The highest BCUT2D eigenvalue weighted by molar-refractivity contribution is 5.44. The quantitative estimate of drug-likeness (QED) is 0.800. The Bertz CT molecular complexity index is 388. The van der Waals surface area contributed by atoms with E-state index < -0.39 is 0 Å². The number of piperidine rings is 1. The molecule has 0 spiro atoms. The molecule has 3 rings (SSSR count). The zero-order chi connectivity index (χ0) is 11.9. The number of hydrogen-bond acceptors (Lipinski definition) is 3. The fourth-order valence-corrected chi connectivity index (χ4v) is 3.39. The average molecular weight is 231 g/mol. The molecule has 1 aromatic rings. The third-order valence-electron chi connectivity index (χ3n) is 4.45. The molecule has 92 valence electrons. The van der Waals surface area contributed by atoms with Gasteiger partial charge in [0.1, 0.15) is 0 Å². The van der Waals surface area contributed by atoms with Gasteiger partial charge in [-0.25, -0.2) is 0 Å². The van der Waals surface area contributed by atoms with Crippen molar-refractivity contribution in [2.45, 2.75) is 26.3 Å². The van der Waals surface area contributed by atoms with Crippen molar-refractivity contribution in [1.29, 1.82) is 0 Å². The molecule has 17 heavy (non-hydrogen) atoms. The minimum Gasteiger partial charge on any atom is -0.369 e. The molecule has 3 heterocycles. The van der Waals surface area contributed by atoms with Gasteiger partial charge >= 0.3 is 0 Å². The van der Waals surface area contributed by atoms with E-state index in [0.29, 0.717) is 11.5 Å². The summed E-state index contributed by atoms with van der Waals surface area (Å²) in [5.74, 6) is 0.829. The van der Waals surface area contributed by atoms with Gasteiger partial charge in [-0.05, 0) is 29.9 Å². The number of aromatic nitrogens is 1. The van der Waals surface area contributed by atoms with E-state index >= 15 is 0 Å². The Kier molecular flexibility index (Phi) is 2.58. The molecule has 0 aromatic carbocycles. The van der Waals surface area contributed by atoms with E-state index in [1.165, 1.54) is 12.1 Å². The molecule has 1 aromatic heterocycles. The fourth-order valence-electron chi connectivity index (χ4n) is 3.39. The molecule has 3 heteroatoms. The number of pyridine rings is 1. The predicted molar refractivity (Wildman–Crippen MR) is 70.1 cm³/mol. The van der Waals surface area contributed by atoms with Crippen molar-refractivity contribution in [2.75, 3.05) is 24.5 Å². The molecule has 2 aliphatic heterocycles. The highest BCUT2D eigenvalue weighted by atomic mass is 15.2. The van der Waals surface area contributed by atoms with E-state index in [0.717, 1.165) is 25.6 Å². The van der Waals surface area contributed by atoms with Crippen LogP contribution in [0.3, 0.4) is 0 Å². The minimum absolute atomic E-state index is 0.464. The van der Waals surface area contributed by atoms with E-state index in [-0.39, 0.29) is 0 Å². The Morgan fingerprint density at radius 1 is 1.47 bits per heavy atom. The van der Waals surface area contributed by atoms with Gasteiger partial charge in [0.25, 0.3) is 0 Å². The molecular formula is C14H21N3. The van der Waals surface area contributed by atoms with Crippen molar-refractivity contribution in [3.05, 3.63) is 24.5 Å². The standard InChI is InChI=1S/C14H21N3/c1-14(2)10-16-13-9-17(7-5-12(13)14)11-4-3-6-15-8-11/h3-4,6,8,12-13,16H,5,7,9-10H2,1-2H3. The molecule has 0 saturated carbocycles. The number of hydrogen-bond donors (Lipinski definition) is 1. The maximum atomic E-state index is 4.21. The second-order valence-corrected chi connectivity index (χ2v) is 6.03. The lowest BCUT2D eigenvalue weighted by atomic mass is 9.75. The molecule has 2 saturated heterocycles. The molecule has 0 aliphatic carbocycles. The van der Waals surface area contributed by atoms with Crippen molar-refractivity contribution in [3.63, 3.8) is 0 Å². The lowest BCUT2D eigenvalue weighted by molar-refractivity contribution is 0.227. The van der Waals surface area contributed by atoms with E-state index in [4.69, 9.17) is 0 Å². The molecule has 2 atom stereocenters. The maximum absolute atomic E-state index is 4.21. The van der Waals surface area contributed by atoms with Crippen LogP contribution in [-0.2, 0) is 0 Å². The van der Waals surface area contributed by atoms with Crippen LogP contribution in [0.1, 0.15) is 20.3 Å². The Balaban J connectivity index is 1.74. The van der Waals surface area contributed by atoms with Crippen molar-refractivity contribution < 1.29 is 0 Å². The average Bonchev–Trinajstić information content (AvgIpc) is 2.66. The molecule has 2 unspecified atom stereocenters. The Labute approximate surface area is 103 Å². The molecular weight excluding hydrogens is 210 g/mol. The first-order chi connectivity index (χ1) is 8.17. The van der Waals surface area contributed by atoms with Crippen LogP contribution in [0.5, 0.6) is 0 Å². The van der Waals surface area contributed by atoms with Gasteiger partial charge in [-0.3, -0.25) is 4.98 Å². The monoisotopic (exact) mass is 231 g/mol. The summed E-state index contributed by atoms with van der Waals surface area (Å²) in [6, 6.07) is 4.83. The first-order valence-corrected chi connectivity index (χ1v) is 6.55. The summed E-state index contributed by atoms with van der Waals surface area (Å²) in [6.07, 6.45) is 5.10. The lowest BCUT2D eigenvalue weighted by Gasteiger charge is -2.40. The van der Waals surface area contributed by atoms with E-state index in [2.05, 4.69) is 35.1 Å². The molecule has 1 N–H and O–H groups in total. The van der Waals surface area contributed by atoms with Crippen LogP contribution in [0.4, 0.5) is 5.69 Å². The summed E-state index contributed by atoms with van der Waals surface area (Å²) in [7, 11) is 0. The lowest BCUT2D eigenvalue weighted by Crippen LogP contribution is -2.47. The number of nitrogens with one attached hydrogen (secondary N) is 1. The maximum Gasteiger partial charge on any atom is 0.0553 e. The van der Waals surface area contributed by atoms with Crippen molar-refractivity contribution >= 4 is 5.69 Å². The number of anilines is 1. The van der Waals surface area contributed by atoms with Gasteiger partial charge in [0.05, 0.1) is 11.9 Å². The smallest absolute Gasteiger partial charge is 0.0553 e. The molecule has 0 bridgehead atoms. The van der Waals surface area contributed by atoms with Crippen LogP contribution >= 0.6 is 0 Å². The van der Waals surface area contributed by atoms with Gasteiger partial charge in [-0.1, -0.05) is 13.8 Å². The summed E-state index contributed by atoms with van der Waals surface area (Å²) in [6.45, 7) is 8.23. The van der Waals surface area contributed by atoms with Gasteiger partial charge < -0.3 is 10.2 Å². The zero-order valence-electron chi connectivity index (χ0n) is 10.7. The van der Waals surface area contributed by atoms with Crippen molar-refractivity contribution in [2.24, 2.45) is 11.3 Å². The second kappa shape index (κ2) is 3.98. The predicted octanol–water partition coefficient (Wildman–Crippen LogP) is 1.91. The first-order valence-electron chi connectivity index (χ1n) is 6.55. The van der Waals surface area contributed by atoms with Crippen LogP contribution < -0.4 is 10.2 Å². The summed E-state index contributed by atoms with van der Waals surface area (Å²) < 4.78 is 0. The van der Waals surface area contributed by atoms with Crippen LogP contribution in [-0.4, -0.2) is 30.7 Å². The second-order valence-electron chi connectivity index (χ2n) is 6.03. The normalized spacial score (nSPS) is 31.3. The number of nitrogens with zero attached hydrogens (tertiary/aromatic N) is 2. The highest BCUT2D eigenvalue weighted by Crippen LogP contribution is 2.39. The third-order valence-corrected chi connectivity index (χ3v) is 4.45. The molecule has 0 radical (unpaired) electrons. The first kappa shape index (κ1) is 11.0. The van der Waals surface area contributed by atoms with Crippen LogP contribution in [0, 0.1) is 11.3 Å². The minimum atomic E-state index is 0.464. The van der Waals surface area contributed by atoms with E-state index in [9.17, 15) is 0 Å². The van der Waals surface area contributed by atoms with Crippen molar-refractivity contribution in [3.8, 4) is 0 Å². The van der Waals surface area contributed by atoms with E-state index in [1.807, 2.05) is 18.5 Å². The number of fused-ring (bicyclic) bond motifs is 1. The highest BCUT2D eigenvalue weighted by Gasteiger charge is 2.44. The summed E-state index contributed by atoms with van der Waals surface area (Å²) in [5, 5.41) is 3.69. The van der Waals surface area contributed by atoms with Crippen LogP contribution in [0.2, 0.25) is 0 Å². The third kappa shape index (κ3) is 1.93. The Morgan fingerprint density at radius 2 is 2.35 bits per heavy atom. The van der Waals surface area contributed by atoms with Gasteiger partial charge in [0.2, 0.25) is 0 Å². The van der Waals surface area contributed by atoms with Crippen molar-refractivity contribution in [1.82, 2.24) is 10.3 Å². The largest absolute Gasteiger partial charge is 0.369 e. The number of rotatable bonds is 1. The Morgan fingerprint density at radius 3 is 3.12 bits per heavy atom. The summed E-state index contributed by atoms with van der Waals surface area (Å²) >= 11 is 0. The van der Waals surface area contributed by atoms with Gasteiger partial charge in [-0.2, -0.15) is 0 Å². The van der Waals surface area contributed by atoms with Gasteiger partial charge in [-0.15, -0.1) is 0 Å².